The lowest BCUT2D eigenvalue weighted by Gasteiger charge is -2.43. The molecular formula is C27H36BrN3O4Si. The number of nitrogens with two attached hydrogens (primary N) is 1. The molecular weight excluding hydrogens is 538 g/mol. The maximum Gasteiger partial charge on any atom is 0.356 e. The van der Waals surface area contributed by atoms with Crippen LogP contribution in [-0.2, 0) is 20.4 Å². The highest BCUT2D eigenvalue weighted by molar-refractivity contribution is 9.10. The van der Waals surface area contributed by atoms with E-state index in [0.717, 1.165) is 0 Å². The van der Waals surface area contributed by atoms with Crippen LogP contribution in [0.4, 0.5) is 0 Å². The van der Waals surface area contributed by atoms with Gasteiger partial charge < -0.3 is 19.6 Å². The average Bonchev–Trinajstić information content (AvgIpc) is 3.23. The number of halogens is 1. The van der Waals surface area contributed by atoms with Gasteiger partial charge in [0.05, 0.1) is 26.9 Å². The molecule has 0 unspecified atom stereocenters. The lowest BCUT2D eigenvalue weighted by molar-refractivity contribution is 0.0585. The van der Waals surface area contributed by atoms with E-state index in [1.54, 1.807) is 10.7 Å². The Morgan fingerprint density at radius 1 is 1.03 bits per heavy atom. The van der Waals surface area contributed by atoms with E-state index in [-0.39, 0.29) is 11.1 Å². The Kier molecular flexibility index (Phi) is 10.0. The van der Waals surface area contributed by atoms with Gasteiger partial charge in [0, 0.05) is 18.7 Å². The number of esters is 1. The standard InChI is InChI=1S/C27H36BrN3O4Si/c1-27(2,3)36(22-11-7-5-8-12-22,23-13-9-6-10-14-23)35-18-17-34-16-15-21(29)20-31-24(26(32)33-4)19-25(28)30-31/h5-14,19,21H,15-18,20,29H2,1-4H3/t21-/m1/s1. The van der Waals surface area contributed by atoms with Crippen molar-refractivity contribution in [2.45, 2.75) is 44.8 Å². The van der Waals surface area contributed by atoms with Gasteiger partial charge in [-0.15, -0.1) is 0 Å². The summed E-state index contributed by atoms with van der Waals surface area (Å²) in [6.07, 6.45) is 0.622. The Hall–Kier alpha value is -2.30. The minimum atomic E-state index is -2.57. The van der Waals surface area contributed by atoms with Crippen LogP contribution in [0.2, 0.25) is 5.04 Å². The highest BCUT2D eigenvalue weighted by atomic mass is 79.9. The van der Waals surface area contributed by atoms with Crippen LogP contribution in [0.25, 0.3) is 0 Å². The number of rotatable bonds is 12. The highest BCUT2D eigenvalue weighted by Gasteiger charge is 2.49. The van der Waals surface area contributed by atoms with E-state index in [4.69, 9.17) is 19.6 Å². The minimum Gasteiger partial charge on any atom is -0.464 e. The molecule has 3 rings (SSSR count). The van der Waals surface area contributed by atoms with Crippen molar-refractivity contribution in [2.75, 3.05) is 26.9 Å². The molecule has 0 amide bonds. The van der Waals surface area contributed by atoms with E-state index in [0.29, 0.717) is 43.1 Å². The van der Waals surface area contributed by atoms with Crippen LogP contribution in [0, 0.1) is 0 Å². The van der Waals surface area contributed by atoms with Crippen molar-refractivity contribution in [2.24, 2.45) is 5.73 Å². The Balaban J connectivity index is 1.59. The van der Waals surface area contributed by atoms with Crippen LogP contribution < -0.4 is 16.1 Å². The van der Waals surface area contributed by atoms with Crippen molar-refractivity contribution in [3.63, 3.8) is 0 Å². The van der Waals surface area contributed by atoms with Crippen LogP contribution in [-0.4, -0.2) is 57.0 Å². The van der Waals surface area contributed by atoms with Crippen LogP contribution in [0.1, 0.15) is 37.7 Å². The topological polar surface area (TPSA) is 88.6 Å². The third-order valence-corrected chi connectivity index (χ3v) is 11.6. The smallest absolute Gasteiger partial charge is 0.356 e. The van der Waals surface area contributed by atoms with Gasteiger partial charge in [0.2, 0.25) is 0 Å². The van der Waals surface area contributed by atoms with Gasteiger partial charge in [0.15, 0.2) is 0 Å². The van der Waals surface area contributed by atoms with Gasteiger partial charge in [-0.1, -0.05) is 81.4 Å². The summed E-state index contributed by atoms with van der Waals surface area (Å²) in [4.78, 5) is 11.9. The molecule has 0 radical (unpaired) electrons. The zero-order valence-corrected chi connectivity index (χ0v) is 24.0. The van der Waals surface area contributed by atoms with Gasteiger partial charge in [0.1, 0.15) is 10.3 Å². The second-order valence-corrected chi connectivity index (χ2v) is 14.8. The second-order valence-electron chi connectivity index (χ2n) is 9.70. The number of benzene rings is 2. The van der Waals surface area contributed by atoms with Crippen molar-refractivity contribution in [1.82, 2.24) is 9.78 Å². The van der Waals surface area contributed by atoms with E-state index >= 15 is 0 Å². The summed E-state index contributed by atoms with van der Waals surface area (Å²) in [5, 5.41) is 6.70. The molecule has 3 aromatic rings. The fourth-order valence-electron chi connectivity index (χ4n) is 4.46. The molecule has 1 atom stereocenters. The fraction of sp³-hybridized carbons (Fsp3) is 0.407. The number of methoxy groups -OCH3 is 1. The van der Waals surface area contributed by atoms with Crippen LogP contribution in [0.15, 0.2) is 71.3 Å². The third-order valence-electron chi connectivity index (χ3n) is 6.15. The summed E-state index contributed by atoms with van der Waals surface area (Å²) in [7, 11) is -1.22. The molecule has 36 heavy (non-hydrogen) atoms. The molecule has 0 aliphatic heterocycles. The average molecular weight is 575 g/mol. The number of carbonyl (C=O) groups is 1. The summed E-state index contributed by atoms with van der Waals surface area (Å²) in [6.45, 7) is 8.61. The molecule has 0 spiro atoms. The zero-order valence-electron chi connectivity index (χ0n) is 21.4. The number of ether oxygens (including phenoxy) is 2. The molecule has 1 heterocycles. The van der Waals surface area contributed by atoms with Gasteiger partial charge in [0.25, 0.3) is 8.32 Å². The Labute approximate surface area is 223 Å². The van der Waals surface area contributed by atoms with Crippen LogP contribution in [0.3, 0.4) is 0 Å². The molecule has 2 N–H and O–H groups in total. The Morgan fingerprint density at radius 2 is 1.61 bits per heavy atom. The quantitative estimate of drug-likeness (QED) is 0.202. The van der Waals surface area contributed by atoms with Gasteiger partial charge >= 0.3 is 5.97 Å². The molecule has 0 bridgehead atoms. The molecule has 2 aromatic carbocycles. The third kappa shape index (κ3) is 6.71. The van der Waals surface area contributed by atoms with Crippen LogP contribution in [0.5, 0.6) is 0 Å². The van der Waals surface area contributed by atoms with Crippen molar-refractivity contribution in [1.29, 1.82) is 0 Å². The first-order valence-corrected chi connectivity index (χ1v) is 14.8. The summed E-state index contributed by atoms with van der Waals surface area (Å²) in [5.74, 6) is -0.447. The number of hydrogen-bond donors (Lipinski definition) is 1. The van der Waals surface area contributed by atoms with Gasteiger partial charge in [-0.05, 0) is 37.8 Å². The minimum absolute atomic E-state index is 0.0759. The number of carbonyl (C=O) groups excluding carboxylic acids is 1. The predicted octanol–water partition coefficient (Wildman–Crippen LogP) is 3.74. The summed E-state index contributed by atoms with van der Waals surface area (Å²) in [5.41, 5.74) is 6.65. The number of nitrogens with zero attached hydrogens (tertiary/aromatic N) is 2. The number of hydrogen-bond acceptors (Lipinski definition) is 6. The molecule has 7 nitrogen and oxygen atoms in total. The summed E-state index contributed by atoms with van der Waals surface area (Å²) >= 11 is 3.30. The van der Waals surface area contributed by atoms with Gasteiger partial charge in [-0.25, -0.2) is 4.79 Å². The predicted molar refractivity (Wildman–Crippen MR) is 148 cm³/mol. The van der Waals surface area contributed by atoms with E-state index in [9.17, 15) is 4.79 Å². The Morgan fingerprint density at radius 3 is 2.14 bits per heavy atom. The summed E-state index contributed by atoms with van der Waals surface area (Å²) < 4.78 is 19.7. The second kappa shape index (κ2) is 12.8. The normalized spacial score (nSPS) is 12.9. The first kappa shape index (κ1) is 28.3. The molecule has 0 saturated carbocycles. The van der Waals surface area contributed by atoms with Gasteiger partial charge in [-0.2, -0.15) is 5.10 Å². The lowest BCUT2D eigenvalue weighted by atomic mass is 10.2. The SMILES string of the molecule is COC(=O)c1cc(Br)nn1C[C@H](N)CCOCCO[Si](c1ccccc1)(c1ccccc1)C(C)(C)C. The van der Waals surface area contributed by atoms with E-state index in [1.807, 2.05) is 12.1 Å². The molecule has 0 fully saturated rings. The molecule has 9 heteroatoms. The van der Waals surface area contributed by atoms with Crippen molar-refractivity contribution >= 4 is 40.6 Å². The molecule has 0 aliphatic carbocycles. The highest BCUT2D eigenvalue weighted by Crippen LogP contribution is 2.36. The Bertz CT molecular complexity index is 1060. The van der Waals surface area contributed by atoms with Crippen molar-refractivity contribution < 1.29 is 18.7 Å². The first-order chi connectivity index (χ1) is 17.2. The maximum atomic E-state index is 11.9. The van der Waals surface area contributed by atoms with Crippen molar-refractivity contribution in [3.05, 3.63) is 77.0 Å². The fourth-order valence-corrected chi connectivity index (χ4v) is 9.41. The van der Waals surface area contributed by atoms with Crippen LogP contribution >= 0.6 is 15.9 Å². The zero-order chi connectivity index (χ0) is 26.2. The molecule has 194 valence electrons. The van der Waals surface area contributed by atoms with Crippen molar-refractivity contribution in [3.8, 4) is 0 Å². The summed E-state index contributed by atoms with van der Waals surface area (Å²) in [6, 6.07) is 22.5. The maximum absolute atomic E-state index is 11.9. The first-order valence-electron chi connectivity index (χ1n) is 12.1. The number of aromatic nitrogens is 2. The monoisotopic (exact) mass is 573 g/mol. The molecule has 1 aromatic heterocycles. The van der Waals surface area contributed by atoms with E-state index in [2.05, 4.69) is 90.3 Å². The van der Waals surface area contributed by atoms with E-state index < -0.39 is 14.3 Å². The van der Waals surface area contributed by atoms with Gasteiger partial charge in [-0.3, -0.25) is 4.68 Å². The van der Waals surface area contributed by atoms with E-state index in [1.165, 1.54) is 17.5 Å². The molecule has 0 saturated heterocycles. The molecule has 0 aliphatic rings. The largest absolute Gasteiger partial charge is 0.464 e. The lowest BCUT2D eigenvalue weighted by Crippen LogP contribution is -2.66.